The molecule has 2 aromatic carbocycles. The first-order valence-electron chi connectivity index (χ1n) is 7.52. The molecule has 1 N–H and O–H groups in total. The van der Waals surface area contributed by atoms with Gasteiger partial charge in [-0.05, 0) is 36.6 Å². The van der Waals surface area contributed by atoms with E-state index in [1.807, 2.05) is 18.2 Å². The van der Waals surface area contributed by atoms with E-state index in [0.717, 1.165) is 18.2 Å². The average molecular weight is 307 g/mol. The minimum absolute atomic E-state index is 0.105. The molecule has 1 aromatic heterocycles. The van der Waals surface area contributed by atoms with E-state index >= 15 is 0 Å². The number of pyridine rings is 1. The molecule has 3 rings (SSSR count). The van der Waals surface area contributed by atoms with Crippen LogP contribution in [0.4, 0.5) is 0 Å². The van der Waals surface area contributed by atoms with E-state index in [1.54, 1.807) is 24.3 Å². The zero-order valence-corrected chi connectivity index (χ0v) is 12.6. The van der Waals surface area contributed by atoms with E-state index in [-0.39, 0.29) is 11.7 Å². The molecule has 0 saturated heterocycles. The highest BCUT2D eigenvalue weighted by molar-refractivity contribution is 5.94. The van der Waals surface area contributed by atoms with E-state index in [0.29, 0.717) is 17.7 Å². The summed E-state index contributed by atoms with van der Waals surface area (Å²) in [4.78, 5) is 16.2. The summed E-state index contributed by atoms with van der Waals surface area (Å²) in [6, 6.07) is 16.8. The van der Waals surface area contributed by atoms with Crippen LogP contribution in [0.3, 0.4) is 0 Å². The third kappa shape index (κ3) is 3.86. The fourth-order valence-electron chi connectivity index (χ4n) is 2.41. The number of ether oxygens (including phenoxy) is 1. The summed E-state index contributed by atoms with van der Waals surface area (Å²) in [5.74, 6) is -0.247. The summed E-state index contributed by atoms with van der Waals surface area (Å²) >= 11 is 0. The number of nitrogens with zero attached hydrogens (tertiary/aromatic N) is 1. The quantitative estimate of drug-likeness (QED) is 0.576. The van der Waals surface area contributed by atoms with Gasteiger partial charge in [0.15, 0.2) is 0 Å². The van der Waals surface area contributed by atoms with Crippen LogP contribution in [0.5, 0.6) is 5.75 Å². The van der Waals surface area contributed by atoms with Gasteiger partial charge in [0.2, 0.25) is 0 Å². The average Bonchev–Trinajstić information content (AvgIpc) is 2.59. The van der Waals surface area contributed by atoms with Crippen molar-refractivity contribution < 1.29 is 14.6 Å². The molecule has 0 saturated carbocycles. The molecule has 0 fully saturated rings. The number of aryl methyl sites for hydroxylation is 1. The monoisotopic (exact) mass is 307 g/mol. The van der Waals surface area contributed by atoms with Crippen LogP contribution in [-0.2, 0) is 11.2 Å². The molecule has 0 aliphatic carbocycles. The molecule has 1 heterocycles. The lowest BCUT2D eigenvalue weighted by atomic mass is 10.1. The van der Waals surface area contributed by atoms with Gasteiger partial charge in [0, 0.05) is 5.39 Å². The normalized spacial score (nSPS) is 10.6. The lowest BCUT2D eigenvalue weighted by Gasteiger charge is -2.06. The molecule has 0 atom stereocenters. The predicted octanol–water partition coefficient (Wildman–Crippen LogP) is 3.73. The van der Waals surface area contributed by atoms with Crippen molar-refractivity contribution in [1.82, 2.24) is 4.98 Å². The van der Waals surface area contributed by atoms with Gasteiger partial charge in [-0.3, -0.25) is 4.98 Å². The Labute approximate surface area is 134 Å². The second-order valence-electron chi connectivity index (χ2n) is 5.33. The summed E-state index contributed by atoms with van der Waals surface area (Å²) in [7, 11) is 0. The maximum atomic E-state index is 12.1. The topological polar surface area (TPSA) is 59.4 Å². The van der Waals surface area contributed by atoms with Gasteiger partial charge in [-0.2, -0.15) is 0 Å². The van der Waals surface area contributed by atoms with Crippen molar-refractivity contribution in [2.75, 3.05) is 6.61 Å². The van der Waals surface area contributed by atoms with Gasteiger partial charge in [0.1, 0.15) is 5.75 Å². The standard InChI is InChI=1S/C19H17NO3/c21-17-11-15-8-9-16(12-18(15)20-13-17)19(22)23-10-4-7-14-5-2-1-3-6-14/h1-3,5-6,8-9,11-13,21H,4,7,10H2. The van der Waals surface area contributed by atoms with Crippen molar-refractivity contribution in [3.8, 4) is 5.75 Å². The van der Waals surface area contributed by atoms with Crippen molar-refractivity contribution in [3.05, 3.63) is 71.9 Å². The Hall–Kier alpha value is -2.88. The molecule has 23 heavy (non-hydrogen) atoms. The van der Waals surface area contributed by atoms with E-state index in [1.165, 1.54) is 11.8 Å². The molecular formula is C19H17NO3. The largest absolute Gasteiger partial charge is 0.506 e. The van der Waals surface area contributed by atoms with E-state index in [9.17, 15) is 9.90 Å². The van der Waals surface area contributed by atoms with E-state index in [2.05, 4.69) is 17.1 Å². The van der Waals surface area contributed by atoms with Crippen molar-refractivity contribution in [3.63, 3.8) is 0 Å². The molecule has 0 aliphatic heterocycles. The van der Waals surface area contributed by atoms with Crippen molar-refractivity contribution in [2.24, 2.45) is 0 Å². The number of carbonyl (C=O) groups excluding carboxylic acids is 1. The molecule has 4 nitrogen and oxygen atoms in total. The molecule has 116 valence electrons. The number of esters is 1. The van der Waals surface area contributed by atoms with Crippen LogP contribution in [0.2, 0.25) is 0 Å². The highest BCUT2D eigenvalue weighted by atomic mass is 16.5. The van der Waals surface area contributed by atoms with Gasteiger partial charge in [0.05, 0.1) is 23.9 Å². The van der Waals surface area contributed by atoms with Crippen LogP contribution in [0.15, 0.2) is 60.8 Å². The van der Waals surface area contributed by atoms with Gasteiger partial charge < -0.3 is 9.84 Å². The van der Waals surface area contributed by atoms with E-state index < -0.39 is 0 Å². The lowest BCUT2D eigenvalue weighted by molar-refractivity contribution is 0.0501. The molecule has 0 unspecified atom stereocenters. The third-order valence-electron chi connectivity index (χ3n) is 3.59. The first kappa shape index (κ1) is 15.0. The number of hydrogen-bond donors (Lipinski definition) is 1. The number of hydrogen-bond acceptors (Lipinski definition) is 4. The maximum absolute atomic E-state index is 12.1. The number of aromatic hydroxyl groups is 1. The summed E-state index contributed by atoms with van der Waals surface area (Å²) in [5, 5.41) is 10.2. The van der Waals surface area contributed by atoms with Crippen LogP contribution in [0, 0.1) is 0 Å². The van der Waals surface area contributed by atoms with Crippen LogP contribution in [0.1, 0.15) is 22.3 Å². The second-order valence-corrected chi connectivity index (χ2v) is 5.33. The van der Waals surface area contributed by atoms with Crippen molar-refractivity contribution in [2.45, 2.75) is 12.8 Å². The summed E-state index contributed by atoms with van der Waals surface area (Å²) in [6.45, 7) is 0.384. The highest BCUT2D eigenvalue weighted by Gasteiger charge is 2.08. The van der Waals surface area contributed by atoms with Gasteiger partial charge >= 0.3 is 5.97 Å². The van der Waals surface area contributed by atoms with E-state index in [4.69, 9.17) is 4.74 Å². The van der Waals surface area contributed by atoms with Crippen LogP contribution in [-0.4, -0.2) is 22.7 Å². The number of fused-ring (bicyclic) bond motifs is 1. The molecule has 3 aromatic rings. The third-order valence-corrected chi connectivity index (χ3v) is 3.59. The molecular weight excluding hydrogens is 290 g/mol. The first-order chi connectivity index (χ1) is 11.2. The zero-order chi connectivity index (χ0) is 16.1. The lowest BCUT2D eigenvalue weighted by Crippen LogP contribution is -2.07. The highest BCUT2D eigenvalue weighted by Crippen LogP contribution is 2.19. The van der Waals surface area contributed by atoms with Gasteiger partial charge in [-0.15, -0.1) is 0 Å². The number of benzene rings is 2. The predicted molar refractivity (Wildman–Crippen MR) is 88.5 cm³/mol. The zero-order valence-electron chi connectivity index (χ0n) is 12.6. The number of rotatable bonds is 5. The minimum atomic E-state index is -0.352. The summed E-state index contributed by atoms with van der Waals surface area (Å²) in [5.41, 5.74) is 2.36. The molecule has 0 spiro atoms. The Balaban J connectivity index is 1.57. The fourth-order valence-corrected chi connectivity index (χ4v) is 2.41. The molecule has 0 aliphatic rings. The van der Waals surface area contributed by atoms with Gasteiger partial charge in [-0.1, -0.05) is 36.4 Å². The number of carbonyl (C=O) groups is 1. The Morgan fingerprint density at radius 2 is 1.91 bits per heavy atom. The Kier molecular flexibility index (Phi) is 4.52. The Bertz CT molecular complexity index is 815. The van der Waals surface area contributed by atoms with Crippen LogP contribution >= 0.6 is 0 Å². The Morgan fingerprint density at radius 3 is 2.74 bits per heavy atom. The summed E-state index contributed by atoms with van der Waals surface area (Å²) < 4.78 is 5.31. The molecule has 0 bridgehead atoms. The van der Waals surface area contributed by atoms with Crippen LogP contribution in [0.25, 0.3) is 10.9 Å². The van der Waals surface area contributed by atoms with Crippen LogP contribution < -0.4 is 0 Å². The first-order valence-corrected chi connectivity index (χ1v) is 7.52. The molecule has 0 radical (unpaired) electrons. The fraction of sp³-hybridized carbons (Fsp3) is 0.158. The second kappa shape index (κ2) is 6.92. The van der Waals surface area contributed by atoms with Crippen molar-refractivity contribution >= 4 is 16.9 Å². The number of aromatic nitrogens is 1. The smallest absolute Gasteiger partial charge is 0.338 e. The molecule has 4 heteroatoms. The minimum Gasteiger partial charge on any atom is -0.506 e. The molecule has 0 amide bonds. The van der Waals surface area contributed by atoms with Gasteiger partial charge in [0.25, 0.3) is 0 Å². The summed E-state index contributed by atoms with van der Waals surface area (Å²) in [6.07, 6.45) is 3.03. The maximum Gasteiger partial charge on any atom is 0.338 e. The SMILES string of the molecule is O=C(OCCCc1ccccc1)c1ccc2cc(O)cnc2c1. The Morgan fingerprint density at radius 1 is 1.09 bits per heavy atom. The van der Waals surface area contributed by atoms with Gasteiger partial charge in [-0.25, -0.2) is 4.79 Å². The van der Waals surface area contributed by atoms with Crippen molar-refractivity contribution in [1.29, 1.82) is 0 Å².